The lowest BCUT2D eigenvalue weighted by molar-refractivity contribution is -0.124. The minimum absolute atomic E-state index is 0.123. The van der Waals surface area contributed by atoms with E-state index in [0.717, 1.165) is 6.42 Å². The van der Waals surface area contributed by atoms with Crippen molar-refractivity contribution in [2.75, 3.05) is 0 Å². The fraction of sp³-hybridized carbons (Fsp3) is 0.562. The third-order valence-electron chi connectivity index (χ3n) is 5.69. The van der Waals surface area contributed by atoms with E-state index in [2.05, 4.69) is 32.9 Å². The fourth-order valence-corrected chi connectivity index (χ4v) is 4.23. The lowest BCUT2D eigenvalue weighted by Gasteiger charge is -2.38. The van der Waals surface area contributed by atoms with Crippen molar-refractivity contribution < 1.29 is 4.79 Å². The molecule has 0 aliphatic heterocycles. The first-order chi connectivity index (χ1) is 7.98. The molecule has 2 bridgehead atoms. The van der Waals surface area contributed by atoms with E-state index in [-0.39, 0.29) is 22.7 Å². The third-order valence-corrected chi connectivity index (χ3v) is 5.69. The minimum atomic E-state index is 0.123. The third kappa shape index (κ3) is 1.17. The summed E-state index contributed by atoms with van der Waals surface area (Å²) in [7, 11) is 0. The van der Waals surface area contributed by atoms with Crippen LogP contribution in [0.3, 0.4) is 0 Å². The Morgan fingerprint density at radius 2 is 1.76 bits per heavy atom. The second kappa shape index (κ2) is 3.22. The van der Waals surface area contributed by atoms with E-state index in [9.17, 15) is 4.79 Å². The van der Waals surface area contributed by atoms with Crippen molar-refractivity contribution in [3.8, 4) is 0 Å². The molecule has 2 saturated carbocycles. The zero-order valence-corrected chi connectivity index (χ0v) is 10.9. The smallest absolute Gasteiger partial charge is 0.144 e. The zero-order valence-electron chi connectivity index (χ0n) is 10.9. The number of benzene rings is 1. The number of rotatable bonds is 1. The lowest BCUT2D eigenvalue weighted by atomic mass is 9.65. The molecule has 0 heterocycles. The predicted octanol–water partition coefficient (Wildman–Crippen LogP) is 3.80. The van der Waals surface area contributed by atoms with Gasteiger partial charge in [0.25, 0.3) is 0 Å². The van der Waals surface area contributed by atoms with E-state index >= 15 is 0 Å². The topological polar surface area (TPSA) is 17.1 Å². The molecule has 3 rings (SSSR count). The van der Waals surface area contributed by atoms with E-state index < -0.39 is 0 Å². The summed E-state index contributed by atoms with van der Waals surface area (Å²) in [6.45, 7) is 6.88. The molecule has 0 N–H and O–H groups in total. The van der Waals surface area contributed by atoms with Crippen LogP contribution in [0.15, 0.2) is 30.3 Å². The number of carbonyl (C=O) groups excluding carboxylic acids is 1. The van der Waals surface area contributed by atoms with Gasteiger partial charge in [-0.2, -0.15) is 0 Å². The van der Waals surface area contributed by atoms with E-state index in [1.165, 1.54) is 12.0 Å². The molecule has 1 aromatic carbocycles. The zero-order chi connectivity index (χ0) is 12.3. The van der Waals surface area contributed by atoms with E-state index in [1.54, 1.807) is 0 Å². The van der Waals surface area contributed by atoms with Crippen molar-refractivity contribution in [3.05, 3.63) is 35.9 Å². The van der Waals surface area contributed by atoms with Gasteiger partial charge in [0, 0.05) is 11.8 Å². The van der Waals surface area contributed by atoms with Crippen molar-refractivity contribution in [2.24, 2.45) is 16.7 Å². The van der Waals surface area contributed by atoms with Crippen LogP contribution in [0.1, 0.15) is 45.1 Å². The first-order valence-corrected chi connectivity index (χ1v) is 6.57. The summed E-state index contributed by atoms with van der Waals surface area (Å²) in [5.41, 5.74) is 1.52. The van der Waals surface area contributed by atoms with Crippen LogP contribution >= 0.6 is 0 Å². The molecular weight excluding hydrogens is 208 g/mol. The highest BCUT2D eigenvalue weighted by Gasteiger charge is 2.66. The summed E-state index contributed by atoms with van der Waals surface area (Å²) >= 11 is 0. The number of carbonyl (C=O) groups is 1. The minimum Gasteiger partial charge on any atom is -0.299 e. The molecule has 0 unspecified atom stereocenters. The number of hydrogen-bond donors (Lipinski definition) is 0. The van der Waals surface area contributed by atoms with Crippen molar-refractivity contribution in [1.29, 1.82) is 0 Å². The van der Waals surface area contributed by atoms with Crippen LogP contribution in [0.2, 0.25) is 0 Å². The molecule has 2 aliphatic carbocycles. The number of fused-ring (bicyclic) bond motifs is 2. The van der Waals surface area contributed by atoms with Gasteiger partial charge in [-0.05, 0) is 29.2 Å². The summed E-state index contributed by atoms with van der Waals surface area (Å²) in [5, 5.41) is 0. The lowest BCUT2D eigenvalue weighted by Crippen LogP contribution is -2.31. The first kappa shape index (κ1) is 11.0. The molecule has 17 heavy (non-hydrogen) atoms. The standard InChI is InChI=1S/C16H20O/c1-15(2)12-9-10-16(15,3)13(14(12)17)11-7-5-4-6-8-11/h4-8,12-13H,9-10H2,1-3H3/t12-,13-,16+/m1/s1. The van der Waals surface area contributed by atoms with Gasteiger partial charge in [0.15, 0.2) is 0 Å². The first-order valence-electron chi connectivity index (χ1n) is 6.57. The SMILES string of the molecule is CC1(C)[C@@H]2CC[C@@]1(C)[C@H](c1ccccc1)C2=O. The summed E-state index contributed by atoms with van der Waals surface area (Å²) in [4.78, 5) is 12.6. The summed E-state index contributed by atoms with van der Waals surface area (Å²) in [5.74, 6) is 0.880. The van der Waals surface area contributed by atoms with Crippen molar-refractivity contribution in [3.63, 3.8) is 0 Å². The summed E-state index contributed by atoms with van der Waals surface area (Å²) in [6, 6.07) is 10.3. The highest BCUT2D eigenvalue weighted by molar-refractivity contribution is 5.93. The van der Waals surface area contributed by atoms with Gasteiger partial charge in [-0.25, -0.2) is 0 Å². The predicted molar refractivity (Wildman–Crippen MR) is 68.8 cm³/mol. The molecule has 0 radical (unpaired) electrons. The molecule has 90 valence electrons. The van der Waals surface area contributed by atoms with Crippen molar-refractivity contribution in [1.82, 2.24) is 0 Å². The second-order valence-corrected chi connectivity index (χ2v) is 6.48. The molecule has 2 aliphatic rings. The molecule has 1 aromatic rings. The molecule has 1 heteroatoms. The molecule has 2 fully saturated rings. The Hall–Kier alpha value is -1.11. The van der Waals surface area contributed by atoms with Crippen LogP contribution < -0.4 is 0 Å². The maximum Gasteiger partial charge on any atom is 0.144 e. The Labute approximate surface area is 103 Å². The maximum absolute atomic E-state index is 12.6. The molecule has 3 atom stereocenters. The maximum atomic E-state index is 12.6. The Kier molecular flexibility index (Phi) is 2.08. The molecule has 1 nitrogen and oxygen atoms in total. The molecule has 0 amide bonds. The quantitative estimate of drug-likeness (QED) is 0.714. The average Bonchev–Trinajstić information content (AvgIpc) is 2.60. The largest absolute Gasteiger partial charge is 0.299 e. The average molecular weight is 228 g/mol. The Morgan fingerprint density at radius 3 is 2.29 bits per heavy atom. The highest BCUT2D eigenvalue weighted by Crippen LogP contribution is 2.69. The Bertz CT molecular complexity index is 460. The van der Waals surface area contributed by atoms with Gasteiger partial charge < -0.3 is 0 Å². The Morgan fingerprint density at radius 1 is 1.12 bits per heavy atom. The van der Waals surface area contributed by atoms with Crippen LogP contribution in [0.25, 0.3) is 0 Å². The molecular formula is C16H20O. The highest BCUT2D eigenvalue weighted by atomic mass is 16.1. The summed E-state index contributed by atoms with van der Waals surface area (Å²) < 4.78 is 0. The van der Waals surface area contributed by atoms with Gasteiger partial charge in [-0.3, -0.25) is 4.79 Å². The number of hydrogen-bond acceptors (Lipinski definition) is 1. The molecule has 0 aromatic heterocycles. The normalized spacial score (nSPS) is 38.6. The van der Waals surface area contributed by atoms with Gasteiger partial charge in [-0.15, -0.1) is 0 Å². The van der Waals surface area contributed by atoms with Crippen molar-refractivity contribution in [2.45, 2.75) is 39.5 Å². The van der Waals surface area contributed by atoms with E-state index in [4.69, 9.17) is 0 Å². The van der Waals surface area contributed by atoms with Crippen molar-refractivity contribution >= 4 is 5.78 Å². The summed E-state index contributed by atoms with van der Waals surface area (Å²) in [6.07, 6.45) is 2.28. The fourth-order valence-electron chi connectivity index (χ4n) is 4.23. The van der Waals surface area contributed by atoms with Crippen LogP contribution in [0, 0.1) is 16.7 Å². The van der Waals surface area contributed by atoms with Crippen LogP contribution in [-0.4, -0.2) is 5.78 Å². The van der Waals surface area contributed by atoms with Crippen LogP contribution in [0.4, 0.5) is 0 Å². The van der Waals surface area contributed by atoms with Crippen LogP contribution in [0.5, 0.6) is 0 Å². The van der Waals surface area contributed by atoms with Gasteiger partial charge in [0.05, 0.1) is 0 Å². The van der Waals surface area contributed by atoms with E-state index in [1.807, 2.05) is 18.2 Å². The Balaban J connectivity index is 2.12. The van der Waals surface area contributed by atoms with Gasteiger partial charge in [0.2, 0.25) is 0 Å². The van der Waals surface area contributed by atoms with Gasteiger partial charge in [-0.1, -0.05) is 51.1 Å². The van der Waals surface area contributed by atoms with Crippen LogP contribution in [-0.2, 0) is 4.79 Å². The second-order valence-electron chi connectivity index (χ2n) is 6.48. The van der Waals surface area contributed by atoms with Gasteiger partial charge >= 0.3 is 0 Å². The number of Topliss-reactive ketones (excluding diaryl/α,β-unsaturated/α-hetero) is 1. The number of ketones is 1. The molecule has 0 spiro atoms. The van der Waals surface area contributed by atoms with E-state index in [0.29, 0.717) is 5.78 Å². The van der Waals surface area contributed by atoms with Gasteiger partial charge in [0.1, 0.15) is 5.78 Å². The molecule has 0 saturated heterocycles. The monoisotopic (exact) mass is 228 g/mol.